The summed E-state index contributed by atoms with van der Waals surface area (Å²) >= 11 is 5.96. The van der Waals surface area contributed by atoms with Crippen LogP contribution in [0.4, 0.5) is 8.78 Å². The Morgan fingerprint density at radius 2 is 1.82 bits per heavy atom. The molecule has 5 rings (SSSR count). The number of hydrogen-bond donors (Lipinski definition) is 1. The summed E-state index contributed by atoms with van der Waals surface area (Å²) in [5, 5.41) is 0.347. The van der Waals surface area contributed by atoms with Crippen LogP contribution >= 0.6 is 11.6 Å². The Morgan fingerprint density at radius 3 is 2.56 bits per heavy atom. The summed E-state index contributed by atoms with van der Waals surface area (Å²) in [6, 6.07) is 7.49. The van der Waals surface area contributed by atoms with E-state index in [-0.39, 0.29) is 36.3 Å². The SMILES string of the molecule is O=S1(=O)N[C@H]2CC[C@@](c3cc(F)ccc3F)(S(=O)(=O)c3ccc(Cl)cc3)C[C@H]2[C@H]2CC=CCN21. The van der Waals surface area contributed by atoms with E-state index < -0.39 is 54.4 Å². The molecule has 1 aliphatic carbocycles. The van der Waals surface area contributed by atoms with Crippen LogP contribution in [0.5, 0.6) is 0 Å². The highest BCUT2D eigenvalue weighted by molar-refractivity contribution is 7.92. The normalized spacial score (nSPS) is 31.0. The third-order valence-electron chi connectivity index (χ3n) is 7.30. The van der Waals surface area contributed by atoms with Gasteiger partial charge in [-0.2, -0.15) is 17.4 Å². The fourth-order valence-corrected chi connectivity index (χ4v) is 9.70. The third kappa shape index (κ3) is 3.71. The number of sulfone groups is 1. The molecule has 4 atom stereocenters. The predicted octanol–water partition coefficient (Wildman–Crippen LogP) is 3.93. The maximum Gasteiger partial charge on any atom is 0.280 e. The second kappa shape index (κ2) is 8.37. The lowest BCUT2D eigenvalue weighted by Crippen LogP contribution is -2.65. The molecular formula is C23H23ClF2N2O4S2. The van der Waals surface area contributed by atoms with E-state index >= 15 is 4.39 Å². The lowest BCUT2D eigenvalue weighted by molar-refractivity contribution is 0.117. The van der Waals surface area contributed by atoms with Crippen LogP contribution in [0.1, 0.15) is 31.2 Å². The van der Waals surface area contributed by atoms with Crippen LogP contribution in [0.15, 0.2) is 59.5 Å². The van der Waals surface area contributed by atoms with Gasteiger partial charge in [-0.1, -0.05) is 23.8 Å². The first-order valence-corrected chi connectivity index (χ1v) is 14.3. The molecule has 2 aliphatic heterocycles. The maximum absolute atomic E-state index is 15.2. The fourth-order valence-electron chi connectivity index (χ4n) is 5.69. The first-order chi connectivity index (χ1) is 16.0. The van der Waals surface area contributed by atoms with E-state index in [1.165, 1.54) is 28.6 Å². The fraction of sp³-hybridized carbons (Fsp3) is 0.391. The standard InChI is InChI=1S/C23H23ClF2N2O4S2/c24-15-4-7-17(8-5-15)33(29,30)23(19-13-16(25)6-9-20(19)26)11-10-21-18(14-23)22-3-1-2-12-28(22)34(31,32)27-21/h1-2,4-9,13,18,21-22,27H,3,10-12,14H2/t18-,21+,22-,23-/m1/s1. The number of nitrogens with one attached hydrogen (secondary N) is 1. The molecule has 3 aliphatic rings. The summed E-state index contributed by atoms with van der Waals surface area (Å²) in [6.45, 7) is 0.175. The molecule has 0 bridgehead atoms. The van der Waals surface area contributed by atoms with E-state index in [9.17, 15) is 21.2 Å². The molecule has 2 aromatic carbocycles. The first-order valence-electron chi connectivity index (χ1n) is 10.9. The number of benzene rings is 2. The average Bonchev–Trinajstić information content (AvgIpc) is 2.81. The molecule has 182 valence electrons. The van der Waals surface area contributed by atoms with Gasteiger partial charge in [0.25, 0.3) is 10.2 Å². The van der Waals surface area contributed by atoms with Crippen molar-refractivity contribution >= 4 is 31.6 Å². The Balaban J connectivity index is 1.68. The molecule has 0 spiro atoms. The molecule has 2 heterocycles. The van der Waals surface area contributed by atoms with Crippen molar-refractivity contribution < 1.29 is 25.6 Å². The molecule has 6 nitrogen and oxygen atoms in total. The van der Waals surface area contributed by atoms with Crippen molar-refractivity contribution in [1.82, 2.24) is 9.03 Å². The van der Waals surface area contributed by atoms with E-state index in [0.29, 0.717) is 11.4 Å². The van der Waals surface area contributed by atoms with Crippen LogP contribution in [0.3, 0.4) is 0 Å². The zero-order chi connectivity index (χ0) is 24.3. The topological polar surface area (TPSA) is 83.5 Å². The van der Waals surface area contributed by atoms with Crippen LogP contribution in [-0.4, -0.2) is 39.8 Å². The number of rotatable bonds is 3. The maximum atomic E-state index is 15.2. The summed E-state index contributed by atoms with van der Waals surface area (Å²) < 4.78 is 85.7. The number of hydrogen-bond acceptors (Lipinski definition) is 4. The Hall–Kier alpha value is -1.85. The van der Waals surface area contributed by atoms with Crippen LogP contribution in [0.25, 0.3) is 0 Å². The Morgan fingerprint density at radius 1 is 1.09 bits per heavy atom. The van der Waals surface area contributed by atoms with E-state index in [4.69, 9.17) is 11.6 Å². The summed E-state index contributed by atoms with van der Waals surface area (Å²) in [6.07, 6.45) is 4.10. The minimum absolute atomic E-state index is 0.0456. The van der Waals surface area contributed by atoms with Gasteiger partial charge in [0, 0.05) is 29.2 Å². The molecule has 2 fully saturated rings. The number of nitrogens with zero attached hydrogens (tertiary/aromatic N) is 1. The Kier molecular flexibility index (Phi) is 5.88. The van der Waals surface area contributed by atoms with E-state index in [2.05, 4.69) is 4.72 Å². The summed E-state index contributed by atoms with van der Waals surface area (Å²) in [4.78, 5) is -0.0456. The van der Waals surface area contributed by atoms with Crippen molar-refractivity contribution in [2.24, 2.45) is 5.92 Å². The van der Waals surface area contributed by atoms with Gasteiger partial charge in [0.15, 0.2) is 9.84 Å². The second-order valence-electron chi connectivity index (χ2n) is 9.06. The van der Waals surface area contributed by atoms with Gasteiger partial charge in [-0.15, -0.1) is 0 Å². The van der Waals surface area contributed by atoms with Crippen molar-refractivity contribution in [3.8, 4) is 0 Å². The molecule has 34 heavy (non-hydrogen) atoms. The van der Waals surface area contributed by atoms with Gasteiger partial charge < -0.3 is 0 Å². The molecular weight excluding hydrogens is 506 g/mol. The van der Waals surface area contributed by atoms with Crippen molar-refractivity contribution in [1.29, 1.82) is 0 Å². The molecule has 2 aromatic rings. The molecule has 0 unspecified atom stereocenters. The average molecular weight is 529 g/mol. The van der Waals surface area contributed by atoms with Gasteiger partial charge in [-0.25, -0.2) is 17.2 Å². The van der Waals surface area contributed by atoms with E-state index in [1.807, 2.05) is 6.08 Å². The van der Waals surface area contributed by atoms with Gasteiger partial charge in [0.05, 0.1) is 4.90 Å². The first kappa shape index (κ1) is 23.9. The number of halogens is 3. The highest BCUT2D eigenvalue weighted by Gasteiger charge is 2.57. The molecule has 0 aromatic heterocycles. The van der Waals surface area contributed by atoms with Crippen LogP contribution in [0.2, 0.25) is 5.02 Å². The molecule has 1 N–H and O–H groups in total. The minimum atomic E-state index is -4.23. The van der Waals surface area contributed by atoms with Gasteiger partial charge in [0.2, 0.25) is 0 Å². The molecule has 1 saturated heterocycles. The Labute approximate surface area is 202 Å². The zero-order valence-corrected chi connectivity index (χ0v) is 20.4. The summed E-state index contributed by atoms with van der Waals surface area (Å²) in [5.74, 6) is -1.98. The number of fused-ring (bicyclic) bond motifs is 3. The lowest BCUT2D eigenvalue weighted by Gasteiger charge is -2.52. The van der Waals surface area contributed by atoms with Gasteiger partial charge in [-0.05, 0) is 74.1 Å². The quantitative estimate of drug-likeness (QED) is 0.612. The molecule has 0 amide bonds. The minimum Gasteiger partial charge on any atom is -0.223 e. The predicted molar refractivity (Wildman–Crippen MR) is 124 cm³/mol. The monoisotopic (exact) mass is 528 g/mol. The highest BCUT2D eigenvalue weighted by Crippen LogP contribution is 2.52. The van der Waals surface area contributed by atoms with E-state index in [1.54, 1.807) is 6.08 Å². The smallest absolute Gasteiger partial charge is 0.223 e. The van der Waals surface area contributed by atoms with Crippen LogP contribution < -0.4 is 4.72 Å². The summed E-state index contributed by atoms with van der Waals surface area (Å²) in [5.41, 5.74) is -0.229. The van der Waals surface area contributed by atoms with E-state index in [0.717, 1.165) is 18.2 Å². The zero-order valence-electron chi connectivity index (χ0n) is 18.0. The highest BCUT2D eigenvalue weighted by atomic mass is 35.5. The molecule has 0 radical (unpaired) electrons. The Bertz CT molecular complexity index is 1370. The van der Waals surface area contributed by atoms with Gasteiger partial charge >= 0.3 is 0 Å². The third-order valence-corrected chi connectivity index (χ3v) is 11.7. The van der Waals surface area contributed by atoms with Crippen LogP contribution in [-0.2, 0) is 24.8 Å². The van der Waals surface area contributed by atoms with Gasteiger partial charge in [0.1, 0.15) is 16.4 Å². The van der Waals surface area contributed by atoms with Crippen molar-refractivity contribution in [2.45, 2.75) is 47.4 Å². The molecule has 11 heteroatoms. The van der Waals surface area contributed by atoms with Crippen molar-refractivity contribution in [2.75, 3.05) is 6.54 Å². The lowest BCUT2D eigenvalue weighted by atomic mass is 9.70. The second-order valence-corrected chi connectivity index (χ2v) is 13.4. The summed E-state index contributed by atoms with van der Waals surface area (Å²) in [7, 11) is -7.96. The van der Waals surface area contributed by atoms with Gasteiger partial charge in [-0.3, -0.25) is 0 Å². The van der Waals surface area contributed by atoms with Crippen molar-refractivity contribution in [3.63, 3.8) is 0 Å². The largest absolute Gasteiger partial charge is 0.280 e. The molecule has 1 saturated carbocycles. The van der Waals surface area contributed by atoms with Crippen LogP contribution in [0, 0.1) is 17.6 Å². The van der Waals surface area contributed by atoms with Crippen molar-refractivity contribution in [3.05, 3.63) is 76.8 Å².